The van der Waals surface area contributed by atoms with Gasteiger partial charge in [-0.3, -0.25) is 23.7 Å². The number of hydrogen-bond acceptors (Lipinski definition) is 0. The summed E-state index contributed by atoms with van der Waals surface area (Å²) in [4.78, 5) is 0. The van der Waals surface area contributed by atoms with Crippen molar-refractivity contribution in [2.75, 3.05) is 0 Å². The summed E-state index contributed by atoms with van der Waals surface area (Å²) in [5.41, 5.74) is 0. The molecule has 0 aromatic carbocycles. The molecule has 0 bridgehead atoms. The molecule has 17 heavy (non-hydrogen) atoms. The zero-order valence-electron chi connectivity index (χ0n) is 11.3. The summed E-state index contributed by atoms with van der Waals surface area (Å²) in [5.74, 6) is 13.3. The summed E-state index contributed by atoms with van der Waals surface area (Å²) in [6.07, 6.45) is 16.0. The van der Waals surface area contributed by atoms with E-state index in [9.17, 15) is 0 Å². The van der Waals surface area contributed by atoms with Gasteiger partial charge in [-0.05, 0) is 13.8 Å². The fraction of sp³-hybridized carbons (Fsp3) is 0.375. The smallest absolute Gasteiger partial charge is 0.358 e. The van der Waals surface area contributed by atoms with E-state index >= 15 is 0 Å². The Morgan fingerprint density at radius 2 is 1.35 bits per heavy atom. The molecular formula is C16H20Hf. The molecule has 88 valence electrons. The molecular weight excluding hydrogens is 371 g/mol. The minimum atomic E-state index is 0. The Bertz CT molecular complexity index is 259. The van der Waals surface area contributed by atoms with E-state index in [0.29, 0.717) is 0 Å². The molecule has 0 fully saturated rings. The van der Waals surface area contributed by atoms with Crippen LogP contribution in [0.3, 0.4) is 0 Å². The van der Waals surface area contributed by atoms with Crippen LogP contribution >= 0.6 is 0 Å². The maximum atomic E-state index is 6.18. The monoisotopic (exact) mass is 392 g/mol. The molecule has 0 aliphatic heterocycles. The Labute approximate surface area is 128 Å². The van der Waals surface area contributed by atoms with Crippen molar-refractivity contribution in [1.29, 1.82) is 0 Å². The summed E-state index contributed by atoms with van der Waals surface area (Å²) >= 11 is 0. The molecule has 0 unspecified atom stereocenters. The number of hydrogen-bond donors (Lipinski definition) is 0. The van der Waals surface area contributed by atoms with Crippen LogP contribution in [0.4, 0.5) is 0 Å². The van der Waals surface area contributed by atoms with Gasteiger partial charge in [0.2, 0.25) is 0 Å². The predicted octanol–water partition coefficient (Wildman–Crippen LogP) is 3.66. The van der Waals surface area contributed by atoms with Crippen LogP contribution < -0.4 is 0 Å². The van der Waals surface area contributed by atoms with E-state index in [1.165, 1.54) is 12.8 Å². The van der Waals surface area contributed by atoms with Crippen molar-refractivity contribution >= 4 is 0 Å². The minimum Gasteiger partial charge on any atom is -0.358 e. The summed E-state index contributed by atoms with van der Waals surface area (Å²) in [6.45, 7) is 9.18. The van der Waals surface area contributed by atoms with Crippen molar-refractivity contribution in [3.8, 4) is 35.5 Å². The predicted molar refractivity (Wildman–Crippen MR) is 72.5 cm³/mol. The third-order valence-corrected chi connectivity index (χ3v) is 0.979. The van der Waals surface area contributed by atoms with E-state index in [1.807, 2.05) is 11.8 Å². The first kappa shape index (κ1) is 29.8. The summed E-state index contributed by atoms with van der Waals surface area (Å²) in [7, 11) is 0. The van der Waals surface area contributed by atoms with Gasteiger partial charge in [-0.2, -0.15) is 6.42 Å². The standard InChI is InChI=1S/C5H11.2C5H3.CH3.Hf/c3*1-3-5-4-2;;/h1,3-5H2,2H3;2*1H3;1H3;/q4*-1;+4. The fourth-order valence-corrected chi connectivity index (χ4v) is 0.375. The molecule has 0 aromatic heterocycles. The summed E-state index contributed by atoms with van der Waals surface area (Å²) in [6, 6.07) is 0. The van der Waals surface area contributed by atoms with E-state index in [1.54, 1.807) is 13.8 Å². The van der Waals surface area contributed by atoms with Crippen LogP contribution in [0.1, 0.15) is 40.0 Å². The van der Waals surface area contributed by atoms with Gasteiger partial charge in [0, 0.05) is 0 Å². The Morgan fingerprint density at radius 1 is 1.00 bits per heavy atom. The van der Waals surface area contributed by atoms with Crippen LogP contribution in [0.2, 0.25) is 0 Å². The van der Waals surface area contributed by atoms with Crippen molar-refractivity contribution in [2.24, 2.45) is 0 Å². The fourth-order valence-electron chi connectivity index (χ4n) is 0.375. The average molecular weight is 391 g/mol. The van der Waals surface area contributed by atoms with Crippen molar-refractivity contribution in [3.63, 3.8) is 0 Å². The second-order valence-corrected chi connectivity index (χ2v) is 2.21. The van der Waals surface area contributed by atoms with E-state index in [0.717, 1.165) is 6.42 Å². The van der Waals surface area contributed by atoms with Gasteiger partial charge >= 0.3 is 25.8 Å². The molecule has 0 aliphatic rings. The average Bonchev–Trinajstić information content (AvgIpc) is 2.23. The van der Waals surface area contributed by atoms with Gasteiger partial charge in [0.1, 0.15) is 0 Å². The molecule has 0 aromatic rings. The van der Waals surface area contributed by atoms with E-state index in [-0.39, 0.29) is 33.3 Å². The largest absolute Gasteiger partial charge is 4.00 e. The third kappa shape index (κ3) is 99.5. The van der Waals surface area contributed by atoms with E-state index < -0.39 is 0 Å². The Kier molecular flexibility index (Phi) is 80.2. The molecule has 0 N–H and O–H groups in total. The normalized spacial score (nSPS) is 4.35. The zero-order valence-corrected chi connectivity index (χ0v) is 14.9. The van der Waals surface area contributed by atoms with Crippen LogP contribution in [-0.2, 0) is 25.8 Å². The van der Waals surface area contributed by atoms with Crippen LogP contribution in [0, 0.1) is 62.7 Å². The topological polar surface area (TPSA) is 0 Å². The Morgan fingerprint density at radius 3 is 1.35 bits per heavy atom. The maximum Gasteiger partial charge on any atom is 4.00 e. The van der Waals surface area contributed by atoms with Gasteiger partial charge in [0.25, 0.3) is 0 Å². The van der Waals surface area contributed by atoms with Crippen LogP contribution in [0.5, 0.6) is 0 Å². The SMILES string of the molecule is [C-]#CC#CC.[C-]#CC#CC.[CH2-]CCCC.[CH3-].[Hf+4]. The van der Waals surface area contributed by atoms with Crippen molar-refractivity contribution in [3.05, 3.63) is 27.2 Å². The van der Waals surface area contributed by atoms with Crippen LogP contribution in [0.15, 0.2) is 0 Å². The molecule has 0 atom stereocenters. The zero-order chi connectivity index (χ0) is 12.4. The van der Waals surface area contributed by atoms with E-state index in [4.69, 9.17) is 12.8 Å². The molecule has 1 heteroatoms. The molecule has 0 heterocycles. The molecule has 0 spiro atoms. The Hall–Kier alpha value is -0.890. The van der Waals surface area contributed by atoms with Crippen molar-refractivity contribution < 1.29 is 25.8 Å². The van der Waals surface area contributed by atoms with Gasteiger partial charge in [0.15, 0.2) is 0 Å². The molecule has 0 aliphatic carbocycles. The molecule has 0 saturated carbocycles. The van der Waals surface area contributed by atoms with Crippen molar-refractivity contribution in [2.45, 2.75) is 40.0 Å². The van der Waals surface area contributed by atoms with Crippen LogP contribution in [0.25, 0.3) is 0 Å². The minimum absolute atomic E-state index is 0. The quantitative estimate of drug-likeness (QED) is 0.383. The van der Waals surface area contributed by atoms with Gasteiger partial charge in [-0.1, -0.05) is 19.8 Å². The first-order valence-corrected chi connectivity index (χ1v) is 4.71. The molecule has 0 nitrogen and oxygen atoms in total. The second-order valence-electron chi connectivity index (χ2n) is 2.21. The van der Waals surface area contributed by atoms with Crippen molar-refractivity contribution in [1.82, 2.24) is 0 Å². The van der Waals surface area contributed by atoms with Gasteiger partial charge < -0.3 is 27.2 Å². The molecule has 0 radical (unpaired) electrons. The Balaban J connectivity index is -0.0000000400. The van der Waals surface area contributed by atoms with Crippen LogP contribution in [-0.4, -0.2) is 0 Å². The first-order valence-electron chi connectivity index (χ1n) is 4.71. The summed E-state index contributed by atoms with van der Waals surface area (Å²) < 4.78 is 0. The molecule has 0 amide bonds. The molecule has 0 saturated heterocycles. The number of unbranched alkanes of at least 4 members (excludes halogenated alkanes) is 2. The molecule has 0 rings (SSSR count). The van der Waals surface area contributed by atoms with Gasteiger partial charge in [-0.15, -0.1) is 0 Å². The number of rotatable bonds is 2. The first-order chi connectivity index (χ1) is 7.24. The maximum absolute atomic E-state index is 6.18. The third-order valence-electron chi connectivity index (χ3n) is 0.979. The summed E-state index contributed by atoms with van der Waals surface area (Å²) in [5, 5.41) is 0. The van der Waals surface area contributed by atoms with Gasteiger partial charge in [-0.25, -0.2) is 11.8 Å². The van der Waals surface area contributed by atoms with E-state index in [2.05, 4.69) is 37.5 Å². The van der Waals surface area contributed by atoms with Gasteiger partial charge in [0.05, 0.1) is 0 Å². The second kappa shape index (κ2) is 45.7.